The van der Waals surface area contributed by atoms with Crippen molar-refractivity contribution in [2.45, 2.75) is 6.92 Å². The summed E-state index contributed by atoms with van der Waals surface area (Å²) in [4.78, 5) is 0. The van der Waals surface area contributed by atoms with E-state index in [1.54, 1.807) is 0 Å². The van der Waals surface area contributed by atoms with Crippen molar-refractivity contribution in [3.05, 3.63) is 84.4 Å². The minimum atomic E-state index is 1.32. The molecule has 0 aliphatic heterocycles. The molecule has 6 rings (SSSR count). The molecule has 0 heteroatoms. The van der Waals surface area contributed by atoms with Crippen molar-refractivity contribution in [1.82, 2.24) is 0 Å². The summed E-state index contributed by atoms with van der Waals surface area (Å²) < 4.78 is 0. The van der Waals surface area contributed by atoms with Gasteiger partial charge in [0.2, 0.25) is 0 Å². The molecule has 116 valence electrons. The second kappa shape index (κ2) is 4.49. The third kappa shape index (κ3) is 1.57. The standard InChI is InChI=1S/C25H16/c1-15-12-13-21-20-10-4-7-17-14-16-6-2-3-8-19(16)25(23(17)20)22-11-5-9-18(15)24(21)22/h2-14H,1H3. The first-order valence-corrected chi connectivity index (χ1v) is 8.80. The fourth-order valence-electron chi connectivity index (χ4n) is 4.61. The van der Waals surface area contributed by atoms with Crippen LogP contribution in [-0.2, 0) is 0 Å². The van der Waals surface area contributed by atoms with E-state index in [0.717, 1.165) is 0 Å². The van der Waals surface area contributed by atoms with Gasteiger partial charge in [-0.05, 0) is 72.4 Å². The largest absolute Gasteiger partial charge is 0.0616 e. The van der Waals surface area contributed by atoms with Gasteiger partial charge in [0.25, 0.3) is 0 Å². The Bertz CT molecular complexity index is 1440. The summed E-state index contributed by atoms with van der Waals surface area (Å²) in [6.45, 7) is 2.21. The quantitative estimate of drug-likeness (QED) is 0.205. The Hall–Kier alpha value is -3.12. The molecule has 0 heterocycles. The van der Waals surface area contributed by atoms with E-state index in [4.69, 9.17) is 0 Å². The molecule has 0 aliphatic carbocycles. The van der Waals surface area contributed by atoms with Crippen molar-refractivity contribution in [1.29, 1.82) is 0 Å². The van der Waals surface area contributed by atoms with E-state index in [2.05, 4.69) is 85.8 Å². The summed E-state index contributed by atoms with van der Waals surface area (Å²) in [6.07, 6.45) is 0. The van der Waals surface area contributed by atoms with Crippen molar-refractivity contribution in [3.63, 3.8) is 0 Å². The first kappa shape index (κ1) is 13.2. The van der Waals surface area contributed by atoms with Gasteiger partial charge < -0.3 is 0 Å². The molecular formula is C25H16. The minimum Gasteiger partial charge on any atom is -0.0616 e. The Balaban J connectivity index is 2.13. The number of rotatable bonds is 0. The highest BCUT2D eigenvalue weighted by atomic mass is 14.2. The Morgan fingerprint density at radius 3 is 2.08 bits per heavy atom. The first-order valence-electron chi connectivity index (χ1n) is 8.80. The molecule has 0 aliphatic rings. The van der Waals surface area contributed by atoms with Crippen LogP contribution in [0.4, 0.5) is 0 Å². The van der Waals surface area contributed by atoms with Crippen LogP contribution < -0.4 is 0 Å². The number of benzene rings is 6. The van der Waals surface area contributed by atoms with Crippen LogP contribution in [-0.4, -0.2) is 0 Å². The van der Waals surface area contributed by atoms with Gasteiger partial charge in [-0.3, -0.25) is 0 Å². The van der Waals surface area contributed by atoms with Gasteiger partial charge in [0.05, 0.1) is 0 Å². The highest BCUT2D eigenvalue weighted by Gasteiger charge is 2.15. The molecule has 0 nitrogen and oxygen atoms in total. The SMILES string of the molecule is Cc1ccc2c3cccc4cc5ccccc5c(c5cccc1c25)c43. The minimum absolute atomic E-state index is 1.32. The lowest BCUT2D eigenvalue weighted by Crippen LogP contribution is -1.89. The van der Waals surface area contributed by atoms with Crippen molar-refractivity contribution >= 4 is 53.9 Å². The number of hydrogen-bond acceptors (Lipinski definition) is 0. The van der Waals surface area contributed by atoms with E-state index in [9.17, 15) is 0 Å². The Kier molecular flexibility index (Phi) is 2.37. The van der Waals surface area contributed by atoms with E-state index in [-0.39, 0.29) is 0 Å². The average Bonchev–Trinajstić information content (AvgIpc) is 2.66. The summed E-state index contributed by atoms with van der Waals surface area (Å²) in [5.41, 5.74) is 1.34. The lowest BCUT2D eigenvalue weighted by Gasteiger charge is -2.17. The van der Waals surface area contributed by atoms with Crippen LogP contribution in [0.2, 0.25) is 0 Å². The maximum absolute atomic E-state index is 2.33. The lowest BCUT2D eigenvalue weighted by atomic mass is 9.86. The highest BCUT2D eigenvalue weighted by Crippen LogP contribution is 2.43. The average molecular weight is 316 g/mol. The van der Waals surface area contributed by atoms with Gasteiger partial charge >= 0.3 is 0 Å². The maximum Gasteiger partial charge on any atom is -0.00141 e. The summed E-state index contributed by atoms with van der Waals surface area (Å²) in [5, 5.41) is 13.6. The Morgan fingerprint density at radius 1 is 0.440 bits per heavy atom. The molecule has 0 atom stereocenters. The molecule has 6 aromatic rings. The highest BCUT2D eigenvalue weighted by molar-refractivity contribution is 6.38. The molecule has 0 amide bonds. The van der Waals surface area contributed by atoms with E-state index in [1.807, 2.05) is 0 Å². The van der Waals surface area contributed by atoms with Gasteiger partial charge in [-0.2, -0.15) is 0 Å². The summed E-state index contributed by atoms with van der Waals surface area (Å²) in [5.74, 6) is 0. The van der Waals surface area contributed by atoms with Crippen LogP contribution in [0.5, 0.6) is 0 Å². The fourth-order valence-corrected chi connectivity index (χ4v) is 4.61. The van der Waals surface area contributed by atoms with Crippen LogP contribution in [0.1, 0.15) is 5.56 Å². The van der Waals surface area contributed by atoms with Gasteiger partial charge in [0, 0.05) is 0 Å². The Morgan fingerprint density at radius 2 is 1.12 bits per heavy atom. The molecule has 0 bridgehead atoms. The zero-order valence-corrected chi connectivity index (χ0v) is 14.0. The first-order chi connectivity index (χ1) is 12.3. The fraction of sp³-hybridized carbons (Fsp3) is 0.0400. The molecular weight excluding hydrogens is 300 g/mol. The second-order valence-electron chi connectivity index (χ2n) is 7.03. The maximum atomic E-state index is 2.33. The molecule has 0 unspecified atom stereocenters. The van der Waals surface area contributed by atoms with Crippen molar-refractivity contribution < 1.29 is 0 Å². The monoisotopic (exact) mass is 316 g/mol. The zero-order valence-electron chi connectivity index (χ0n) is 14.0. The zero-order chi connectivity index (χ0) is 16.5. The van der Waals surface area contributed by atoms with Crippen molar-refractivity contribution in [3.8, 4) is 0 Å². The van der Waals surface area contributed by atoms with Gasteiger partial charge in [-0.15, -0.1) is 0 Å². The van der Waals surface area contributed by atoms with Gasteiger partial charge in [-0.25, -0.2) is 0 Å². The van der Waals surface area contributed by atoms with Crippen LogP contribution >= 0.6 is 0 Å². The molecule has 0 radical (unpaired) electrons. The van der Waals surface area contributed by atoms with Gasteiger partial charge in [0.1, 0.15) is 0 Å². The molecule has 0 saturated heterocycles. The molecule has 25 heavy (non-hydrogen) atoms. The number of fused-ring (bicyclic) bond motifs is 4. The van der Waals surface area contributed by atoms with Crippen LogP contribution in [0, 0.1) is 6.92 Å². The summed E-state index contributed by atoms with van der Waals surface area (Å²) in [6, 6.07) is 29.1. The van der Waals surface area contributed by atoms with E-state index >= 15 is 0 Å². The molecule has 0 saturated carbocycles. The molecule has 0 aromatic heterocycles. The van der Waals surface area contributed by atoms with E-state index in [0.29, 0.717) is 0 Å². The topological polar surface area (TPSA) is 0 Å². The lowest BCUT2D eigenvalue weighted by molar-refractivity contribution is 1.55. The van der Waals surface area contributed by atoms with Crippen LogP contribution in [0.15, 0.2) is 78.9 Å². The second-order valence-corrected chi connectivity index (χ2v) is 7.03. The van der Waals surface area contributed by atoms with Crippen LogP contribution in [0.3, 0.4) is 0 Å². The smallest absolute Gasteiger partial charge is 0.00141 e. The molecule has 0 spiro atoms. The normalized spacial score (nSPS) is 12.2. The number of hydrogen-bond donors (Lipinski definition) is 0. The summed E-state index contributed by atoms with van der Waals surface area (Å²) >= 11 is 0. The van der Waals surface area contributed by atoms with Gasteiger partial charge in [0.15, 0.2) is 0 Å². The summed E-state index contributed by atoms with van der Waals surface area (Å²) in [7, 11) is 0. The van der Waals surface area contributed by atoms with Crippen LogP contribution in [0.25, 0.3) is 53.9 Å². The molecule has 0 fully saturated rings. The Labute approximate surface area is 145 Å². The van der Waals surface area contributed by atoms with Gasteiger partial charge in [-0.1, -0.05) is 72.8 Å². The molecule has 0 N–H and O–H groups in total. The predicted octanol–water partition coefficient (Wildman–Crippen LogP) is 7.20. The third-order valence-electron chi connectivity index (χ3n) is 5.71. The van der Waals surface area contributed by atoms with E-state index < -0.39 is 0 Å². The number of aryl methyl sites for hydroxylation is 1. The third-order valence-corrected chi connectivity index (χ3v) is 5.71. The molecule has 6 aromatic carbocycles. The van der Waals surface area contributed by atoms with Crippen molar-refractivity contribution in [2.24, 2.45) is 0 Å². The van der Waals surface area contributed by atoms with E-state index in [1.165, 1.54) is 59.4 Å². The predicted molar refractivity (Wildman–Crippen MR) is 110 cm³/mol. The van der Waals surface area contributed by atoms with Crippen molar-refractivity contribution in [2.75, 3.05) is 0 Å².